The number of hydrogen-bond donors (Lipinski definition) is 1. The smallest absolute Gasteiger partial charge is 0.223 e. The van der Waals surface area contributed by atoms with Gasteiger partial charge in [0.1, 0.15) is 5.75 Å². The van der Waals surface area contributed by atoms with Crippen LogP contribution >= 0.6 is 0 Å². The van der Waals surface area contributed by atoms with Crippen molar-refractivity contribution >= 4 is 5.91 Å². The van der Waals surface area contributed by atoms with Gasteiger partial charge in [0, 0.05) is 12.5 Å². The van der Waals surface area contributed by atoms with Gasteiger partial charge in [-0.3, -0.25) is 9.69 Å². The Balaban J connectivity index is 2.09. The summed E-state index contributed by atoms with van der Waals surface area (Å²) in [6.07, 6.45) is 3.27. The molecule has 1 aromatic rings. The normalized spacial score (nSPS) is 16.2. The Bertz CT molecular complexity index is 482. The first-order valence-corrected chi connectivity index (χ1v) is 8.35. The van der Waals surface area contributed by atoms with E-state index < -0.39 is 0 Å². The fourth-order valence-corrected chi connectivity index (χ4v) is 2.98. The topological polar surface area (TPSA) is 41.6 Å². The SMILES string of the molecule is CCN(CC)[C@@H](CNC(=O)C1CCC1)c1cccc(OC)c1. The summed E-state index contributed by atoms with van der Waals surface area (Å²) in [5.74, 6) is 1.31. The third kappa shape index (κ3) is 4.01. The van der Waals surface area contributed by atoms with Gasteiger partial charge in [-0.1, -0.05) is 32.4 Å². The van der Waals surface area contributed by atoms with Gasteiger partial charge in [-0.15, -0.1) is 0 Å². The highest BCUT2D eigenvalue weighted by molar-refractivity contribution is 5.79. The van der Waals surface area contributed by atoms with Gasteiger partial charge in [0.2, 0.25) is 5.91 Å². The molecule has 0 aromatic heterocycles. The largest absolute Gasteiger partial charge is 0.497 e. The van der Waals surface area contributed by atoms with Crippen molar-refractivity contribution in [1.82, 2.24) is 10.2 Å². The first-order chi connectivity index (χ1) is 10.7. The van der Waals surface area contributed by atoms with E-state index in [1.54, 1.807) is 7.11 Å². The van der Waals surface area contributed by atoms with Crippen LogP contribution in [0.1, 0.15) is 44.7 Å². The molecule has 22 heavy (non-hydrogen) atoms. The molecule has 4 heteroatoms. The summed E-state index contributed by atoms with van der Waals surface area (Å²) < 4.78 is 5.34. The monoisotopic (exact) mass is 304 g/mol. The molecule has 1 fully saturated rings. The number of rotatable bonds is 8. The fraction of sp³-hybridized carbons (Fsp3) is 0.611. The molecule has 2 rings (SSSR count). The van der Waals surface area contributed by atoms with Crippen LogP contribution in [0.4, 0.5) is 0 Å². The number of methoxy groups -OCH3 is 1. The molecule has 1 atom stereocenters. The quantitative estimate of drug-likeness (QED) is 0.803. The minimum Gasteiger partial charge on any atom is -0.497 e. The van der Waals surface area contributed by atoms with E-state index >= 15 is 0 Å². The van der Waals surface area contributed by atoms with Gasteiger partial charge in [-0.25, -0.2) is 0 Å². The van der Waals surface area contributed by atoms with Gasteiger partial charge < -0.3 is 10.1 Å². The molecule has 1 aromatic carbocycles. The number of amides is 1. The lowest BCUT2D eigenvalue weighted by Gasteiger charge is -2.32. The third-order valence-electron chi connectivity index (χ3n) is 4.68. The molecule has 0 unspecified atom stereocenters. The maximum atomic E-state index is 12.1. The molecule has 0 aliphatic heterocycles. The van der Waals surface area contributed by atoms with Crippen molar-refractivity contribution in [2.75, 3.05) is 26.7 Å². The first-order valence-electron chi connectivity index (χ1n) is 8.35. The average molecular weight is 304 g/mol. The molecule has 0 spiro atoms. The van der Waals surface area contributed by atoms with Crippen molar-refractivity contribution in [3.05, 3.63) is 29.8 Å². The Kier molecular flexibility index (Phi) is 6.25. The van der Waals surface area contributed by atoms with Crippen LogP contribution in [0.3, 0.4) is 0 Å². The highest BCUT2D eigenvalue weighted by atomic mass is 16.5. The summed E-state index contributed by atoms with van der Waals surface area (Å²) >= 11 is 0. The van der Waals surface area contributed by atoms with Crippen LogP contribution in [0, 0.1) is 5.92 Å². The zero-order valence-electron chi connectivity index (χ0n) is 14.0. The predicted octanol–water partition coefficient (Wildman–Crippen LogP) is 2.99. The molecule has 1 aliphatic carbocycles. The standard InChI is InChI=1S/C18H28N2O2/c1-4-20(5-2)17(13-19-18(21)14-8-6-9-14)15-10-7-11-16(12-15)22-3/h7,10-12,14,17H,4-6,8-9,13H2,1-3H3,(H,19,21)/t17-/m0/s1. The van der Waals surface area contributed by atoms with Gasteiger partial charge in [-0.05, 0) is 43.6 Å². The first kappa shape index (κ1) is 16.8. The van der Waals surface area contributed by atoms with E-state index in [1.807, 2.05) is 12.1 Å². The summed E-state index contributed by atoms with van der Waals surface area (Å²) in [4.78, 5) is 14.5. The minimum absolute atomic E-state index is 0.189. The van der Waals surface area contributed by atoms with Crippen LogP contribution in [0.15, 0.2) is 24.3 Å². The Morgan fingerprint density at radius 3 is 2.64 bits per heavy atom. The lowest BCUT2D eigenvalue weighted by molar-refractivity contribution is -0.127. The number of likely N-dealkylation sites (N-methyl/N-ethyl adjacent to an activating group) is 1. The van der Waals surface area contributed by atoms with Crippen molar-refractivity contribution < 1.29 is 9.53 Å². The highest BCUT2D eigenvalue weighted by Crippen LogP contribution is 2.27. The van der Waals surface area contributed by atoms with E-state index in [0.717, 1.165) is 31.7 Å². The van der Waals surface area contributed by atoms with Crippen molar-refractivity contribution in [3.63, 3.8) is 0 Å². The molecule has 1 amide bonds. The van der Waals surface area contributed by atoms with Gasteiger partial charge in [-0.2, -0.15) is 0 Å². The van der Waals surface area contributed by atoms with Crippen LogP contribution in [-0.4, -0.2) is 37.6 Å². The number of benzene rings is 1. The third-order valence-corrected chi connectivity index (χ3v) is 4.68. The van der Waals surface area contributed by atoms with Crippen LogP contribution in [0.5, 0.6) is 5.75 Å². The van der Waals surface area contributed by atoms with Gasteiger partial charge >= 0.3 is 0 Å². The van der Waals surface area contributed by atoms with E-state index in [-0.39, 0.29) is 17.9 Å². The van der Waals surface area contributed by atoms with Crippen LogP contribution in [-0.2, 0) is 4.79 Å². The van der Waals surface area contributed by atoms with Crippen LogP contribution in [0.2, 0.25) is 0 Å². The number of carbonyl (C=O) groups is 1. The molecule has 1 aliphatic rings. The zero-order chi connectivity index (χ0) is 15.9. The number of hydrogen-bond acceptors (Lipinski definition) is 3. The van der Waals surface area contributed by atoms with Gasteiger partial charge in [0.05, 0.1) is 13.2 Å². The molecule has 0 heterocycles. The number of carbonyl (C=O) groups excluding carboxylic acids is 1. The summed E-state index contributed by atoms with van der Waals surface area (Å²) in [6, 6.07) is 8.34. The van der Waals surface area contributed by atoms with Crippen molar-refractivity contribution in [2.45, 2.75) is 39.2 Å². The summed E-state index contributed by atoms with van der Waals surface area (Å²) in [5.41, 5.74) is 1.19. The second-order valence-electron chi connectivity index (χ2n) is 5.89. The number of nitrogens with zero attached hydrogens (tertiary/aromatic N) is 1. The zero-order valence-corrected chi connectivity index (χ0v) is 14.0. The van der Waals surface area contributed by atoms with Crippen molar-refractivity contribution in [2.24, 2.45) is 5.92 Å². The maximum Gasteiger partial charge on any atom is 0.223 e. The lowest BCUT2D eigenvalue weighted by atomic mass is 9.85. The Labute approximate surface area is 133 Å². The molecule has 1 saturated carbocycles. The molecule has 4 nitrogen and oxygen atoms in total. The van der Waals surface area contributed by atoms with Crippen LogP contribution in [0.25, 0.3) is 0 Å². The summed E-state index contributed by atoms with van der Waals surface area (Å²) in [6.45, 7) is 6.88. The van der Waals surface area contributed by atoms with E-state index in [4.69, 9.17) is 4.74 Å². The van der Waals surface area contributed by atoms with Crippen molar-refractivity contribution in [1.29, 1.82) is 0 Å². The summed E-state index contributed by atoms with van der Waals surface area (Å²) in [7, 11) is 1.68. The summed E-state index contributed by atoms with van der Waals surface area (Å²) in [5, 5.41) is 3.15. The number of ether oxygens (including phenoxy) is 1. The van der Waals surface area contributed by atoms with Gasteiger partial charge in [0.25, 0.3) is 0 Å². The second-order valence-corrected chi connectivity index (χ2v) is 5.89. The molecule has 0 bridgehead atoms. The fourth-order valence-electron chi connectivity index (χ4n) is 2.98. The van der Waals surface area contributed by atoms with E-state index in [1.165, 1.54) is 12.0 Å². The molecular weight excluding hydrogens is 276 g/mol. The minimum atomic E-state index is 0.189. The highest BCUT2D eigenvalue weighted by Gasteiger charge is 2.26. The molecule has 122 valence electrons. The lowest BCUT2D eigenvalue weighted by Crippen LogP contribution is -2.41. The van der Waals surface area contributed by atoms with Gasteiger partial charge in [0.15, 0.2) is 0 Å². The molecule has 0 radical (unpaired) electrons. The van der Waals surface area contributed by atoms with Crippen molar-refractivity contribution in [3.8, 4) is 5.75 Å². The van der Waals surface area contributed by atoms with E-state index in [2.05, 4.69) is 36.2 Å². The molecule has 1 N–H and O–H groups in total. The average Bonchev–Trinajstić information content (AvgIpc) is 2.49. The van der Waals surface area contributed by atoms with Crippen LogP contribution < -0.4 is 10.1 Å². The Morgan fingerprint density at radius 1 is 1.36 bits per heavy atom. The second kappa shape index (κ2) is 8.18. The van der Waals surface area contributed by atoms with E-state index in [9.17, 15) is 4.79 Å². The Morgan fingerprint density at radius 2 is 2.09 bits per heavy atom. The predicted molar refractivity (Wildman–Crippen MR) is 89.0 cm³/mol. The van der Waals surface area contributed by atoms with E-state index in [0.29, 0.717) is 6.54 Å². The molecule has 0 saturated heterocycles. The Hall–Kier alpha value is -1.55. The number of nitrogens with one attached hydrogen (secondary N) is 1. The maximum absolute atomic E-state index is 12.1. The molecular formula is C18H28N2O2.